The molecule has 10 heteroatoms. The minimum absolute atomic E-state index is 0.342. The quantitative estimate of drug-likeness (QED) is 0.190. The van der Waals surface area contributed by atoms with E-state index < -0.39 is 11.9 Å². The van der Waals surface area contributed by atoms with Crippen molar-refractivity contribution >= 4 is 11.9 Å². The Bertz CT molecular complexity index is 1650. The second-order valence-electron chi connectivity index (χ2n) is 14.1. The molecule has 6 fully saturated rings. The number of piperidine rings is 6. The standard InChI is InChI=1S/2C19H22N2O.C4H4O4/c2*1-14-2-4-15(5-3-14)18-7-6-17(12-20-18)22-19-13-21-10-8-16(19)9-11-21;5-3(6)1-2-4(7)8/h2*2-7,12,16,19H,8-11,13H2,1H3;1-2H,(H,5,6)(H,7,8)/b;;2-1+/t2*19-;/m00./s1. The molecule has 10 nitrogen and oxygen atoms in total. The molecule has 4 bridgehead atoms. The topological polar surface area (TPSA) is 125 Å². The molecule has 0 unspecified atom stereocenters. The maximum atomic E-state index is 9.55. The lowest BCUT2D eigenvalue weighted by atomic mass is 9.86. The molecule has 0 radical (unpaired) electrons. The Morgan fingerprint density at radius 2 is 0.962 bits per heavy atom. The minimum Gasteiger partial charge on any atom is -0.487 e. The Hall–Kier alpha value is -5.06. The summed E-state index contributed by atoms with van der Waals surface area (Å²) in [6, 6.07) is 25.2. The molecule has 272 valence electrons. The van der Waals surface area contributed by atoms with Crippen molar-refractivity contribution < 1.29 is 29.3 Å². The lowest BCUT2D eigenvalue weighted by Crippen LogP contribution is -2.52. The summed E-state index contributed by atoms with van der Waals surface area (Å²) in [4.78, 5) is 33.3. The van der Waals surface area contributed by atoms with Gasteiger partial charge in [-0.2, -0.15) is 0 Å². The summed E-state index contributed by atoms with van der Waals surface area (Å²) in [5.74, 6) is 0.729. The first kappa shape index (κ1) is 36.7. The Kier molecular flexibility index (Phi) is 12.3. The SMILES string of the molecule is Cc1ccc(-c2ccc(O[C@H]3CN4CCC3CC4)cn2)cc1.Cc1ccc(-c2ccc(O[C@H]3CN4CCC3CC4)cn2)cc1.O=C(O)/C=C/C(=O)O. The molecule has 0 aliphatic carbocycles. The summed E-state index contributed by atoms with van der Waals surface area (Å²) in [6.07, 6.45) is 10.6. The molecular weight excluding hydrogens is 656 g/mol. The predicted octanol–water partition coefficient (Wildman–Crippen LogP) is 6.77. The van der Waals surface area contributed by atoms with Crippen molar-refractivity contribution in [2.75, 3.05) is 39.3 Å². The van der Waals surface area contributed by atoms with Gasteiger partial charge in [0.2, 0.25) is 0 Å². The fraction of sp³-hybridized carbons (Fsp3) is 0.381. The van der Waals surface area contributed by atoms with Crippen molar-refractivity contribution in [2.45, 2.75) is 51.7 Å². The van der Waals surface area contributed by atoms with Crippen molar-refractivity contribution in [3.05, 3.63) is 108 Å². The molecule has 2 aromatic carbocycles. The van der Waals surface area contributed by atoms with E-state index in [1.165, 1.54) is 63.0 Å². The molecule has 6 aliphatic heterocycles. The largest absolute Gasteiger partial charge is 0.487 e. The molecule has 2 atom stereocenters. The summed E-state index contributed by atoms with van der Waals surface area (Å²) in [6.45, 7) is 11.3. The Labute approximate surface area is 305 Å². The van der Waals surface area contributed by atoms with Crippen LogP contribution in [0.3, 0.4) is 0 Å². The van der Waals surface area contributed by atoms with E-state index in [0.717, 1.165) is 58.9 Å². The van der Waals surface area contributed by atoms with Gasteiger partial charge >= 0.3 is 11.9 Å². The molecule has 6 aliphatic rings. The molecule has 0 spiro atoms. The van der Waals surface area contributed by atoms with Crippen LogP contribution < -0.4 is 9.47 Å². The summed E-state index contributed by atoms with van der Waals surface area (Å²) in [5, 5.41) is 15.6. The third kappa shape index (κ3) is 10.3. The Morgan fingerprint density at radius 3 is 1.23 bits per heavy atom. The van der Waals surface area contributed by atoms with Gasteiger partial charge in [-0.05, 0) is 102 Å². The van der Waals surface area contributed by atoms with E-state index in [9.17, 15) is 9.59 Å². The van der Waals surface area contributed by atoms with Crippen LogP contribution in [0.4, 0.5) is 0 Å². The van der Waals surface area contributed by atoms with Crippen molar-refractivity contribution in [1.29, 1.82) is 0 Å². The van der Waals surface area contributed by atoms with Gasteiger partial charge in [0.15, 0.2) is 0 Å². The zero-order valence-corrected chi connectivity index (χ0v) is 29.9. The number of rotatable bonds is 8. The number of ether oxygens (including phenoxy) is 2. The molecule has 10 rings (SSSR count). The molecular formula is C42H48N4O6. The minimum atomic E-state index is -1.26. The summed E-state index contributed by atoms with van der Waals surface area (Å²) in [5.41, 5.74) is 6.85. The Morgan fingerprint density at radius 1 is 0.596 bits per heavy atom. The zero-order chi connectivity index (χ0) is 36.5. The second kappa shape index (κ2) is 17.4. The van der Waals surface area contributed by atoms with Crippen molar-refractivity contribution in [3.8, 4) is 34.0 Å². The fourth-order valence-electron chi connectivity index (χ4n) is 7.27. The maximum absolute atomic E-state index is 9.55. The fourth-order valence-corrected chi connectivity index (χ4v) is 7.27. The lowest BCUT2D eigenvalue weighted by Gasteiger charge is -2.44. The highest BCUT2D eigenvalue weighted by atomic mass is 16.5. The van der Waals surface area contributed by atoms with Crippen LogP contribution in [-0.4, -0.2) is 93.4 Å². The highest BCUT2D eigenvalue weighted by Crippen LogP contribution is 2.32. The number of hydrogen-bond acceptors (Lipinski definition) is 8. The first-order valence-electron chi connectivity index (χ1n) is 18.2. The molecule has 4 aromatic rings. The van der Waals surface area contributed by atoms with Gasteiger partial charge in [-0.3, -0.25) is 19.8 Å². The van der Waals surface area contributed by atoms with E-state index >= 15 is 0 Å². The first-order chi connectivity index (χ1) is 25.2. The number of fused-ring (bicyclic) bond motifs is 6. The maximum Gasteiger partial charge on any atom is 0.328 e. The van der Waals surface area contributed by atoms with E-state index in [1.807, 2.05) is 12.4 Å². The third-order valence-corrected chi connectivity index (χ3v) is 10.3. The van der Waals surface area contributed by atoms with E-state index in [-0.39, 0.29) is 0 Å². The summed E-state index contributed by atoms with van der Waals surface area (Å²) in [7, 11) is 0. The molecule has 8 heterocycles. The van der Waals surface area contributed by atoms with E-state index in [1.54, 1.807) is 0 Å². The van der Waals surface area contributed by atoms with Gasteiger partial charge in [-0.1, -0.05) is 59.7 Å². The van der Waals surface area contributed by atoms with E-state index in [4.69, 9.17) is 19.7 Å². The predicted molar refractivity (Wildman–Crippen MR) is 200 cm³/mol. The number of carboxylic acid groups (broad SMARTS) is 2. The number of benzene rings is 2. The van der Waals surface area contributed by atoms with Gasteiger partial charge < -0.3 is 19.7 Å². The number of nitrogens with zero attached hydrogens (tertiary/aromatic N) is 4. The third-order valence-electron chi connectivity index (χ3n) is 10.3. The normalized spacial score (nSPS) is 24.2. The van der Waals surface area contributed by atoms with Gasteiger partial charge in [0.05, 0.1) is 23.8 Å². The highest BCUT2D eigenvalue weighted by Gasteiger charge is 2.36. The monoisotopic (exact) mass is 704 g/mol. The zero-order valence-electron chi connectivity index (χ0n) is 29.9. The summed E-state index contributed by atoms with van der Waals surface area (Å²) < 4.78 is 12.4. The number of aliphatic carboxylic acids is 2. The van der Waals surface area contributed by atoms with Crippen LogP contribution in [0.25, 0.3) is 22.5 Å². The van der Waals surface area contributed by atoms with Crippen molar-refractivity contribution in [3.63, 3.8) is 0 Å². The van der Waals surface area contributed by atoms with Crippen LogP contribution >= 0.6 is 0 Å². The highest BCUT2D eigenvalue weighted by molar-refractivity contribution is 5.89. The van der Waals surface area contributed by atoms with E-state index in [0.29, 0.717) is 24.4 Å². The van der Waals surface area contributed by atoms with Crippen molar-refractivity contribution in [1.82, 2.24) is 19.8 Å². The van der Waals surface area contributed by atoms with Gasteiger partial charge in [0.25, 0.3) is 0 Å². The number of carbonyl (C=O) groups is 2. The molecule has 2 aromatic heterocycles. The average molecular weight is 705 g/mol. The average Bonchev–Trinajstić information content (AvgIpc) is 3.17. The molecule has 52 heavy (non-hydrogen) atoms. The van der Waals surface area contributed by atoms with Crippen LogP contribution in [0.15, 0.2) is 97.3 Å². The van der Waals surface area contributed by atoms with Crippen molar-refractivity contribution in [2.24, 2.45) is 11.8 Å². The van der Waals surface area contributed by atoms with Crippen LogP contribution in [0.5, 0.6) is 11.5 Å². The van der Waals surface area contributed by atoms with Crippen LogP contribution in [0, 0.1) is 25.7 Å². The number of carboxylic acids is 2. The lowest BCUT2D eigenvalue weighted by molar-refractivity contribution is -0.134. The molecule has 0 saturated carbocycles. The molecule has 0 amide bonds. The number of pyridine rings is 2. The molecule has 2 N–H and O–H groups in total. The first-order valence-corrected chi connectivity index (χ1v) is 18.2. The number of aryl methyl sites for hydroxylation is 2. The van der Waals surface area contributed by atoms with Gasteiger partial charge in [0.1, 0.15) is 23.7 Å². The number of hydrogen-bond donors (Lipinski definition) is 2. The van der Waals surface area contributed by atoms with Crippen LogP contribution in [0.2, 0.25) is 0 Å². The van der Waals surface area contributed by atoms with Gasteiger partial charge in [0, 0.05) is 36.4 Å². The summed E-state index contributed by atoms with van der Waals surface area (Å²) >= 11 is 0. The second-order valence-corrected chi connectivity index (χ2v) is 14.1. The van der Waals surface area contributed by atoms with Crippen LogP contribution in [-0.2, 0) is 9.59 Å². The van der Waals surface area contributed by atoms with Gasteiger partial charge in [-0.15, -0.1) is 0 Å². The van der Waals surface area contributed by atoms with Crippen LogP contribution in [0.1, 0.15) is 36.8 Å². The molecule has 6 saturated heterocycles. The Balaban J connectivity index is 0.000000149. The van der Waals surface area contributed by atoms with Gasteiger partial charge in [-0.25, -0.2) is 9.59 Å². The van der Waals surface area contributed by atoms with E-state index in [2.05, 4.69) is 106 Å². The smallest absolute Gasteiger partial charge is 0.328 e. The number of aromatic nitrogens is 2.